The maximum atomic E-state index is 12.2. The molecule has 0 bridgehead atoms. The van der Waals surface area contributed by atoms with E-state index < -0.39 is 0 Å². The summed E-state index contributed by atoms with van der Waals surface area (Å²) in [6, 6.07) is 11.7. The topological polar surface area (TPSA) is 20.9 Å². The van der Waals surface area contributed by atoms with E-state index in [9.17, 15) is 4.79 Å². The fraction of sp³-hybridized carbons (Fsp3) is 0.333. The zero-order valence-corrected chi connectivity index (χ0v) is 16.5. The number of carbonyl (C=O) groups excluding carboxylic acids is 1. The number of nitrogens with zero attached hydrogens (tertiary/aromatic N) is 1. The average molecular weight is 474 g/mol. The van der Waals surface area contributed by atoms with Crippen LogP contribution in [0.1, 0.15) is 42.1 Å². The largest absolute Gasteiger partial charge is 1.00 e. The van der Waals surface area contributed by atoms with Crippen LogP contribution in [0.15, 0.2) is 53.3 Å². The lowest BCUT2D eigenvalue weighted by atomic mass is 10.1. The van der Waals surface area contributed by atoms with Gasteiger partial charge in [-0.3, -0.25) is 4.79 Å². The number of Topliss-reactive ketones (excluding diaryl/α,β-unsaturated/α-hetero) is 1. The molecule has 2 rings (SSSR count). The minimum atomic E-state index is 0. The van der Waals surface area contributed by atoms with Crippen LogP contribution in [0, 0.1) is 0 Å². The smallest absolute Gasteiger partial charge is 0.227 e. The van der Waals surface area contributed by atoms with Gasteiger partial charge in [-0.15, -0.1) is 0 Å². The van der Waals surface area contributed by atoms with Gasteiger partial charge in [0.25, 0.3) is 0 Å². The van der Waals surface area contributed by atoms with E-state index in [0.717, 1.165) is 16.5 Å². The molecule has 1 heterocycles. The maximum absolute atomic E-state index is 12.2. The molecule has 1 aromatic carbocycles. The van der Waals surface area contributed by atoms with Crippen molar-refractivity contribution in [1.29, 1.82) is 0 Å². The first kappa shape index (κ1) is 19.3. The van der Waals surface area contributed by atoms with E-state index in [2.05, 4.69) is 35.0 Å². The quantitative estimate of drug-likeness (QED) is 0.257. The molecule has 118 valence electrons. The Morgan fingerprint density at radius 2 is 1.68 bits per heavy atom. The zero-order valence-electron chi connectivity index (χ0n) is 12.8. The van der Waals surface area contributed by atoms with E-state index in [1.807, 2.05) is 41.2 Å². The van der Waals surface area contributed by atoms with Crippen molar-refractivity contribution < 1.29 is 33.3 Å². The molecule has 0 fully saturated rings. The second-order valence-corrected chi connectivity index (χ2v) is 6.18. The highest BCUT2D eigenvalue weighted by Gasteiger charge is 2.11. The van der Waals surface area contributed by atoms with Crippen molar-refractivity contribution in [1.82, 2.24) is 0 Å². The Morgan fingerprint density at radius 1 is 1.05 bits per heavy atom. The summed E-state index contributed by atoms with van der Waals surface area (Å²) in [6.45, 7) is 2.60. The molecule has 0 saturated heterocycles. The van der Waals surface area contributed by atoms with Crippen LogP contribution in [-0.4, -0.2) is 5.78 Å². The molecule has 22 heavy (non-hydrogen) atoms. The monoisotopic (exact) mass is 473 g/mol. The lowest BCUT2D eigenvalue weighted by molar-refractivity contribution is -0.683. The van der Waals surface area contributed by atoms with Crippen molar-refractivity contribution in [3.63, 3.8) is 0 Å². The number of rotatable bonds is 7. The first-order valence-electron chi connectivity index (χ1n) is 7.46. The lowest BCUT2D eigenvalue weighted by Gasteiger charge is -2.01. The second-order valence-electron chi connectivity index (χ2n) is 5.27. The standard InChI is InChI=1S/C18H21BrNO.HI/c1-2-3-4-5-15-10-12-20(13-11-15)14-18(21)16-6-8-17(19)9-7-16;/h6-13H,2-5,14H2,1H3;1H/q+1;/p-1. The van der Waals surface area contributed by atoms with Gasteiger partial charge in [0, 0.05) is 22.2 Å². The summed E-state index contributed by atoms with van der Waals surface area (Å²) in [6.07, 6.45) is 8.87. The fourth-order valence-corrected chi connectivity index (χ4v) is 2.50. The van der Waals surface area contributed by atoms with E-state index in [-0.39, 0.29) is 29.8 Å². The fourth-order valence-electron chi connectivity index (χ4n) is 2.23. The van der Waals surface area contributed by atoms with Crippen LogP contribution in [-0.2, 0) is 13.0 Å². The third-order valence-electron chi connectivity index (χ3n) is 3.52. The molecular weight excluding hydrogens is 453 g/mol. The Morgan fingerprint density at radius 3 is 2.27 bits per heavy atom. The van der Waals surface area contributed by atoms with Crippen LogP contribution in [0.3, 0.4) is 0 Å². The lowest BCUT2D eigenvalue weighted by Crippen LogP contribution is -3.00. The molecule has 0 N–H and O–H groups in total. The highest BCUT2D eigenvalue weighted by Crippen LogP contribution is 2.11. The Bertz CT molecular complexity index is 581. The van der Waals surface area contributed by atoms with Crippen molar-refractivity contribution >= 4 is 21.7 Å². The highest BCUT2D eigenvalue weighted by molar-refractivity contribution is 9.10. The van der Waals surface area contributed by atoms with Crippen LogP contribution in [0.5, 0.6) is 0 Å². The maximum Gasteiger partial charge on any atom is 0.227 e. The van der Waals surface area contributed by atoms with E-state index in [0.29, 0.717) is 6.54 Å². The molecule has 0 aliphatic carbocycles. The summed E-state index contributed by atoms with van der Waals surface area (Å²) < 4.78 is 2.93. The number of unbranched alkanes of at least 4 members (excludes halogenated alkanes) is 2. The molecule has 2 aromatic rings. The molecule has 0 radical (unpaired) electrons. The number of hydrogen-bond acceptors (Lipinski definition) is 1. The number of ketones is 1. The van der Waals surface area contributed by atoms with Crippen molar-refractivity contribution in [2.75, 3.05) is 0 Å². The molecule has 2 nitrogen and oxygen atoms in total. The predicted octanol–water partition coefficient (Wildman–Crippen LogP) is 1.36. The van der Waals surface area contributed by atoms with Crippen molar-refractivity contribution in [2.45, 2.75) is 39.2 Å². The molecule has 0 aliphatic rings. The van der Waals surface area contributed by atoms with Crippen molar-refractivity contribution in [3.8, 4) is 0 Å². The van der Waals surface area contributed by atoms with Gasteiger partial charge in [-0.2, -0.15) is 4.57 Å². The van der Waals surface area contributed by atoms with E-state index in [1.165, 1.54) is 24.8 Å². The average Bonchev–Trinajstić information content (AvgIpc) is 2.50. The predicted molar refractivity (Wildman–Crippen MR) is 88.3 cm³/mol. The van der Waals surface area contributed by atoms with Crippen LogP contribution in [0.2, 0.25) is 0 Å². The number of pyridine rings is 1. The van der Waals surface area contributed by atoms with Gasteiger partial charge in [0.05, 0.1) is 0 Å². The van der Waals surface area contributed by atoms with Crippen LogP contribution in [0.4, 0.5) is 0 Å². The van der Waals surface area contributed by atoms with Crippen molar-refractivity contribution in [2.24, 2.45) is 0 Å². The van der Waals surface area contributed by atoms with Crippen LogP contribution >= 0.6 is 15.9 Å². The van der Waals surface area contributed by atoms with Gasteiger partial charge in [-0.25, -0.2) is 0 Å². The third kappa shape index (κ3) is 6.16. The minimum absolute atomic E-state index is 0. The van der Waals surface area contributed by atoms with E-state index >= 15 is 0 Å². The zero-order chi connectivity index (χ0) is 15.1. The van der Waals surface area contributed by atoms with Gasteiger partial charge in [-0.1, -0.05) is 47.8 Å². The summed E-state index contributed by atoms with van der Waals surface area (Å²) in [5, 5.41) is 0. The molecule has 0 unspecified atom stereocenters. The van der Waals surface area contributed by atoms with Gasteiger partial charge in [-0.05, 0) is 30.5 Å². The highest BCUT2D eigenvalue weighted by atomic mass is 127. The Kier molecular flexibility index (Phi) is 8.86. The van der Waals surface area contributed by atoms with E-state index in [1.54, 1.807) is 0 Å². The van der Waals surface area contributed by atoms with E-state index in [4.69, 9.17) is 0 Å². The number of benzene rings is 1. The molecule has 0 aliphatic heterocycles. The van der Waals surface area contributed by atoms with Crippen molar-refractivity contribution in [3.05, 3.63) is 64.4 Å². The summed E-state index contributed by atoms with van der Waals surface area (Å²) in [5.74, 6) is 0.131. The molecular formula is C18H21BrINO. The third-order valence-corrected chi connectivity index (χ3v) is 4.05. The summed E-state index contributed by atoms with van der Waals surface area (Å²) >= 11 is 3.38. The summed E-state index contributed by atoms with van der Waals surface area (Å²) in [4.78, 5) is 12.2. The molecule has 4 heteroatoms. The van der Waals surface area contributed by atoms with Gasteiger partial charge in [0.1, 0.15) is 0 Å². The minimum Gasteiger partial charge on any atom is -1.00 e. The van der Waals surface area contributed by atoms with Gasteiger partial charge < -0.3 is 24.0 Å². The molecule has 0 atom stereocenters. The Labute approximate surface area is 158 Å². The van der Waals surface area contributed by atoms with Gasteiger partial charge in [0.15, 0.2) is 12.4 Å². The molecule has 1 aromatic heterocycles. The summed E-state index contributed by atoms with van der Waals surface area (Å²) in [5.41, 5.74) is 2.09. The Balaban J connectivity index is 0.00000242. The van der Waals surface area contributed by atoms with Gasteiger partial charge in [0.2, 0.25) is 12.3 Å². The second kappa shape index (κ2) is 10.1. The number of carbonyl (C=O) groups is 1. The molecule has 0 amide bonds. The number of hydrogen-bond donors (Lipinski definition) is 0. The Hall–Kier alpha value is -0.750. The van der Waals surface area contributed by atoms with Gasteiger partial charge >= 0.3 is 0 Å². The molecule has 0 spiro atoms. The number of aryl methyl sites for hydroxylation is 1. The van der Waals surface area contributed by atoms with Crippen LogP contribution < -0.4 is 28.5 Å². The normalized spacial score (nSPS) is 10.1. The number of aromatic nitrogens is 1. The molecule has 0 saturated carbocycles. The summed E-state index contributed by atoms with van der Waals surface area (Å²) in [7, 11) is 0. The first-order chi connectivity index (χ1) is 10.2. The van der Waals surface area contributed by atoms with Crippen LogP contribution in [0.25, 0.3) is 0 Å². The number of halogens is 2. The first-order valence-corrected chi connectivity index (χ1v) is 8.25. The SMILES string of the molecule is CCCCCc1cc[n+](CC(=O)c2ccc(Br)cc2)cc1.[I-].